The zero-order valence-electron chi connectivity index (χ0n) is 16.3. The van der Waals surface area contributed by atoms with Crippen molar-refractivity contribution in [3.05, 3.63) is 76.1 Å². The molecule has 0 fully saturated rings. The molecular weight excluding hydrogens is 372 g/mol. The van der Waals surface area contributed by atoms with Crippen LogP contribution in [0.25, 0.3) is 11.0 Å². The molecule has 2 aromatic carbocycles. The standard InChI is InChI=1S/C22H22N2O5/c1-3-24(2)22(27)28-16-8-6-7-15(13-16)11-12-23-21(26)20-14-18(25)17-9-4-5-10-19(17)29-20/h4-10,13-14H,3,11-12H2,1-2H3,(H,23,26). The van der Waals surface area contributed by atoms with E-state index in [9.17, 15) is 14.4 Å². The minimum absolute atomic E-state index is 0.0287. The highest BCUT2D eigenvalue weighted by Crippen LogP contribution is 2.15. The maximum Gasteiger partial charge on any atom is 0.414 e. The molecule has 1 aromatic heterocycles. The Morgan fingerprint density at radius 2 is 1.90 bits per heavy atom. The van der Waals surface area contributed by atoms with Crippen LogP contribution in [0.3, 0.4) is 0 Å². The number of carbonyl (C=O) groups is 2. The van der Waals surface area contributed by atoms with Gasteiger partial charge in [-0.15, -0.1) is 0 Å². The lowest BCUT2D eigenvalue weighted by molar-refractivity contribution is 0.0927. The Morgan fingerprint density at radius 1 is 1.10 bits per heavy atom. The van der Waals surface area contributed by atoms with Crippen molar-refractivity contribution in [2.75, 3.05) is 20.1 Å². The Kier molecular flexibility index (Phi) is 6.29. The third kappa shape index (κ3) is 5.01. The molecule has 29 heavy (non-hydrogen) atoms. The number of nitrogens with zero attached hydrogens (tertiary/aromatic N) is 1. The van der Waals surface area contributed by atoms with Gasteiger partial charge in [0.2, 0.25) is 0 Å². The van der Waals surface area contributed by atoms with Crippen molar-refractivity contribution in [2.45, 2.75) is 13.3 Å². The van der Waals surface area contributed by atoms with Crippen LogP contribution in [0.5, 0.6) is 5.75 Å². The summed E-state index contributed by atoms with van der Waals surface area (Å²) in [4.78, 5) is 37.8. The smallest absolute Gasteiger partial charge is 0.414 e. The number of benzene rings is 2. The molecule has 7 nitrogen and oxygen atoms in total. The van der Waals surface area contributed by atoms with Gasteiger partial charge in [0.1, 0.15) is 11.3 Å². The fourth-order valence-electron chi connectivity index (χ4n) is 2.70. The van der Waals surface area contributed by atoms with E-state index in [-0.39, 0.29) is 11.2 Å². The van der Waals surface area contributed by atoms with E-state index in [2.05, 4.69) is 5.32 Å². The number of carbonyl (C=O) groups excluding carboxylic acids is 2. The van der Waals surface area contributed by atoms with Gasteiger partial charge in [0.15, 0.2) is 11.2 Å². The predicted octanol–water partition coefficient (Wildman–Crippen LogP) is 3.22. The van der Waals surface area contributed by atoms with Gasteiger partial charge >= 0.3 is 6.09 Å². The molecule has 0 saturated carbocycles. The lowest BCUT2D eigenvalue weighted by atomic mass is 10.1. The van der Waals surface area contributed by atoms with Crippen molar-refractivity contribution in [1.29, 1.82) is 0 Å². The topological polar surface area (TPSA) is 88.9 Å². The average molecular weight is 394 g/mol. The normalized spacial score (nSPS) is 10.6. The monoisotopic (exact) mass is 394 g/mol. The van der Waals surface area contributed by atoms with E-state index in [1.165, 1.54) is 11.0 Å². The highest BCUT2D eigenvalue weighted by Gasteiger charge is 2.12. The molecule has 0 aliphatic carbocycles. The highest BCUT2D eigenvalue weighted by molar-refractivity contribution is 5.93. The maximum absolute atomic E-state index is 12.3. The first-order chi connectivity index (χ1) is 14.0. The zero-order chi connectivity index (χ0) is 20.8. The predicted molar refractivity (Wildman–Crippen MR) is 109 cm³/mol. The Morgan fingerprint density at radius 3 is 2.69 bits per heavy atom. The lowest BCUT2D eigenvalue weighted by Crippen LogP contribution is -2.29. The molecule has 3 aromatic rings. The van der Waals surface area contributed by atoms with Gasteiger partial charge in [0.25, 0.3) is 5.91 Å². The van der Waals surface area contributed by atoms with E-state index >= 15 is 0 Å². The lowest BCUT2D eigenvalue weighted by Gasteiger charge is -2.14. The fraction of sp³-hybridized carbons (Fsp3) is 0.227. The molecule has 0 aliphatic heterocycles. The van der Waals surface area contributed by atoms with Gasteiger partial charge in [0.05, 0.1) is 5.39 Å². The Labute approximate surface area is 167 Å². The first-order valence-electron chi connectivity index (χ1n) is 9.31. The number of rotatable bonds is 6. The second-order valence-electron chi connectivity index (χ2n) is 6.51. The molecule has 3 rings (SSSR count). The number of hydrogen-bond acceptors (Lipinski definition) is 5. The van der Waals surface area contributed by atoms with Crippen molar-refractivity contribution in [3.63, 3.8) is 0 Å². The minimum atomic E-state index is -0.458. The van der Waals surface area contributed by atoms with E-state index in [0.29, 0.717) is 36.2 Å². The number of fused-ring (bicyclic) bond motifs is 1. The molecule has 0 spiro atoms. The van der Waals surface area contributed by atoms with Crippen molar-refractivity contribution >= 4 is 23.0 Å². The third-order valence-corrected chi connectivity index (χ3v) is 4.45. The quantitative estimate of drug-likeness (QED) is 0.693. The number of amides is 2. The summed E-state index contributed by atoms with van der Waals surface area (Å²) in [5, 5.41) is 3.17. The van der Waals surface area contributed by atoms with E-state index in [1.807, 2.05) is 13.0 Å². The third-order valence-electron chi connectivity index (χ3n) is 4.45. The molecular formula is C22H22N2O5. The second-order valence-corrected chi connectivity index (χ2v) is 6.51. The fourth-order valence-corrected chi connectivity index (χ4v) is 2.70. The molecule has 0 atom stereocenters. The molecule has 0 aliphatic rings. The largest absolute Gasteiger partial charge is 0.451 e. The van der Waals surface area contributed by atoms with Crippen molar-refractivity contribution in [3.8, 4) is 5.75 Å². The molecule has 0 saturated heterocycles. The maximum atomic E-state index is 12.3. The van der Waals surface area contributed by atoms with Crippen molar-refractivity contribution < 1.29 is 18.7 Å². The summed E-state index contributed by atoms with van der Waals surface area (Å²) in [6.45, 7) is 2.75. The van der Waals surface area contributed by atoms with Crippen LogP contribution in [0.1, 0.15) is 23.0 Å². The summed E-state index contributed by atoms with van der Waals surface area (Å²) in [7, 11) is 1.66. The molecule has 1 N–H and O–H groups in total. The first-order valence-corrected chi connectivity index (χ1v) is 9.31. The molecule has 1 heterocycles. The van der Waals surface area contributed by atoms with E-state index in [1.54, 1.807) is 49.5 Å². The van der Waals surface area contributed by atoms with Crippen molar-refractivity contribution in [1.82, 2.24) is 10.2 Å². The minimum Gasteiger partial charge on any atom is -0.451 e. The van der Waals surface area contributed by atoms with Gasteiger partial charge in [0, 0.05) is 26.2 Å². The number of ether oxygens (including phenoxy) is 1. The van der Waals surface area contributed by atoms with Gasteiger partial charge in [-0.3, -0.25) is 9.59 Å². The summed E-state index contributed by atoms with van der Waals surface area (Å²) in [5.74, 6) is -0.0429. The number of para-hydroxylation sites is 1. The molecule has 150 valence electrons. The first kappa shape index (κ1) is 20.1. The summed E-state index contributed by atoms with van der Waals surface area (Å²) in [6, 6.07) is 15.1. The molecule has 7 heteroatoms. The van der Waals surface area contributed by atoms with Gasteiger partial charge in [-0.2, -0.15) is 0 Å². The van der Waals surface area contributed by atoms with Gasteiger partial charge in [-0.25, -0.2) is 4.79 Å². The SMILES string of the molecule is CCN(C)C(=O)Oc1cccc(CCNC(=O)c2cc(=O)c3ccccc3o2)c1. The van der Waals surface area contributed by atoms with E-state index in [0.717, 1.165) is 5.56 Å². The Hall–Kier alpha value is -3.61. The second kappa shape index (κ2) is 9.05. The zero-order valence-corrected chi connectivity index (χ0v) is 16.3. The Bertz CT molecular complexity index is 1090. The van der Waals surface area contributed by atoms with Crippen LogP contribution in [0.2, 0.25) is 0 Å². The van der Waals surface area contributed by atoms with Crippen molar-refractivity contribution in [2.24, 2.45) is 0 Å². The average Bonchev–Trinajstić information content (AvgIpc) is 2.73. The van der Waals surface area contributed by atoms with E-state index < -0.39 is 12.0 Å². The molecule has 0 radical (unpaired) electrons. The van der Waals surface area contributed by atoms with Crippen LogP contribution in [-0.2, 0) is 6.42 Å². The summed E-state index contributed by atoms with van der Waals surface area (Å²) in [5.41, 5.74) is 1.01. The number of nitrogens with one attached hydrogen (secondary N) is 1. The van der Waals surface area contributed by atoms with E-state index in [4.69, 9.17) is 9.15 Å². The Balaban J connectivity index is 1.60. The van der Waals surface area contributed by atoms with Crippen LogP contribution < -0.4 is 15.5 Å². The molecule has 0 bridgehead atoms. The van der Waals surface area contributed by atoms with Gasteiger partial charge < -0.3 is 19.4 Å². The highest BCUT2D eigenvalue weighted by atomic mass is 16.6. The number of hydrogen-bond donors (Lipinski definition) is 1. The summed E-state index contributed by atoms with van der Waals surface area (Å²) >= 11 is 0. The van der Waals surface area contributed by atoms with Gasteiger partial charge in [-0.1, -0.05) is 24.3 Å². The van der Waals surface area contributed by atoms with Crippen LogP contribution >= 0.6 is 0 Å². The van der Waals surface area contributed by atoms with Crippen LogP contribution in [0, 0.1) is 0 Å². The van der Waals surface area contributed by atoms with Crippen LogP contribution in [0.4, 0.5) is 4.79 Å². The molecule has 0 unspecified atom stereocenters. The van der Waals surface area contributed by atoms with Crippen LogP contribution in [-0.4, -0.2) is 37.0 Å². The summed E-state index contributed by atoms with van der Waals surface area (Å²) in [6.07, 6.45) is 0.0998. The van der Waals surface area contributed by atoms with Crippen LogP contribution in [0.15, 0.2) is 63.8 Å². The molecule has 2 amide bonds. The summed E-state index contributed by atoms with van der Waals surface area (Å²) < 4.78 is 10.8. The van der Waals surface area contributed by atoms with Gasteiger partial charge in [-0.05, 0) is 43.2 Å².